The summed E-state index contributed by atoms with van der Waals surface area (Å²) in [6.45, 7) is 2.79. The summed E-state index contributed by atoms with van der Waals surface area (Å²) >= 11 is 0. The van der Waals surface area contributed by atoms with Gasteiger partial charge in [-0.2, -0.15) is 9.78 Å². The van der Waals surface area contributed by atoms with Crippen LogP contribution >= 0.6 is 0 Å². The Bertz CT molecular complexity index is 1220. The zero-order valence-electron chi connectivity index (χ0n) is 19.6. The molecule has 1 aromatic heterocycles. The second kappa shape index (κ2) is 10.8. The first-order valence-electron chi connectivity index (χ1n) is 11.7. The van der Waals surface area contributed by atoms with Gasteiger partial charge in [-0.25, -0.2) is 0 Å². The van der Waals surface area contributed by atoms with E-state index in [1.165, 1.54) is 4.68 Å². The average Bonchev–Trinajstić information content (AvgIpc) is 3.35. The van der Waals surface area contributed by atoms with Gasteiger partial charge in [-0.15, -0.1) is 0 Å². The Kier molecular flexibility index (Phi) is 7.55. The first kappa shape index (κ1) is 23.9. The summed E-state index contributed by atoms with van der Waals surface area (Å²) in [7, 11) is 1.67. The average molecular weight is 462 g/mol. The second-order valence-electron chi connectivity index (χ2n) is 8.75. The van der Waals surface area contributed by atoms with Crippen LogP contribution in [0, 0.1) is 5.92 Å². The molecule has 2 aromatic carbocycles. The second-order valence-corrected chi connectivity index (χ2v) is 8.75. The van der Waals surface area contributed by atoms with Crippen molar-refractivity contribution in [2.75, 3.05) is 20.3 Å². The van der Waals surface area contributed by atoms with Crippen LogP contribution in [-0.4, -0.2) is 52.0 Å². The van der Waals surface area contributed by atoms with Crippen LogP contribution in [0.1, 0.15) is 37.9 Å². The molecule has 2 heterocycles. The number of benzene rings is 2. The van der Waals surface area contributed by atoms with Crippen LogP contribution in [0.5, 0.6) is 0 Å². The molecule has 34 heavy (non-hydrogen) atoms. The van der Waals surface area contributed by atoms with Crippen molar-refractivity contribution in [3.05, 3.63) is 82.8 Å². The molecule has 1 fully saturated rings. The quantitative estimate of drug-likeness (QED) is 0.518. The van der Waals surface area contributed by atoms with Gasteiger partial charge in [-0.1, -0.05) is 49.4 Å². The van der Waals surface area contributed by atoms with Gasteiger partial charge < -0.3 is 14.7 Å². The molecule has 0 unspecified atom stereocenters. The molecule has 0 saturated carbocycles. The van der Waals surface area contributed by atoms with Crippen LogP contribution in [0.2, 0.25) is 0 Å². The van der Waals surface area contributed by atoms with Crippen molar-refractivity contribution in [2.24, 2.45) is 5.92 Å². The largest absolute Gasteiger partial charge is 0.394 e. The van der Waals surface area contributed by atoms with Gasteiger partial charge in [0.05, 0.1) is 36.0 Å². The number of aliphatic hydroxyl groups excluding tert-OH is 1. The smallest absolute Gasteiger partial charge is 0.279 e. The fourth-order valence-corrected chi connectivity index (χ4v) is 4.69. The molecule has 1 N–H and O–H groups in total. The van der Waals surface area contributed by atoms with E-state index in [-0.39, 0.29) is 36.1 Å². The highest BCUT2D eigenvalue weighted by atomic mass is 16.5. The van der Waals surface area contributed by atoms with Gasteiger partial charge in [0, 0.05) is 31.4 Å². The Morgan fingerprint density at radius 1 is 1.24 bits per heavy atom. The molecular formula is C27H31N3O4. The summed E-state index contributed by atoms with van der Waals surface area (Å²) in [6.07, 6.45) is 7.51. The lowest BCUT2D eigenvalue weighted by Gasteiger charge is -2.23. The topological polar surface area (TPSA) is 84.7 Å². The van der Waals surface area contributed by atoms with E-state index < -0.39 is 0 Å². The van der Waals surface area contributed by atoms with Crippen molar-refractivity contribution >= 4 is 16.7 Å². The molecule has 1 saturated heterocycles. The number of carbonyl (C=O) groups excluding carboxylic acids is 1. The standard InChI is InChI=1S/C27H31N3O4/c1-19(7-5-11-25(32)29-16-6-9-23(29)18-31)26(34-2)20-12-14-22(15-13-20)30-27(33)24-10-4-3-8-21(24)17-28-30/h3-5,7-8,10,12-15,17,19,23,26,31H,6,9,11,16,18H2,1-2H3/b7-5+/t19-,23+,26+/m1/s1. The van der Waals surface area contributed by atoms with E-state index in [0.717, 1.165) is 30.3 Å². The minimum Gasteiger partial charge on any atom is -0.394 e. The summed E-state index contributed by atoms with van der Waals surface area (Å²) in [5.74, 6) is 0.0871. The van der Waals surface area contributed by atoms with Crippen LogP contribution in [0.15, 0.2) is 71.7 Å². The number of nitrogens with zero attached hydrogens (tertiary/aromatic N) is 3. The van der Waals surface area contributed by atoms with E-state index in [4.69, 9.17) is 4.74 Å². The zero-order valence-corrected chi connectivity index (χ0v) is 19.6. The molecule has 1 aliphatic rings. The zero-order chi connectivity index (χ0) is 24.1. The SMILES string of the molecule is CO[C@H](c1ccc(-n2ncc3ccccc3c2=O)cc1)[C@H](C)/C=C/CC(=O)N1CCC[C@H]1CO. The number of likely N-dealkylation sites (tertiary alicyclic amines) is 1. The van der Waals surface area contributed by atoms with E-state index in [0.29, 0.717) is 17.5 Å². The van der Waals surface area contributed by atoms with Gasteiger partial charge in [-0.3, -0.25) is 9.59 Å². The Labute approximate surface area is 199 Å². The third kappa shape index (κ3) is 4.95. The number of aromatic nitrogens is 2. The molecule has 1 aliphatic heterocycles. The van der Waals surface area contributed by atoms with Crippen molar-refractivity contribution in [2.45, 2.75) is 38.3 Å². The van der Waals surface area contributed by atoms with Crippen molar-refractivity contribution in [1.29, 1.82) is 0 Å². The number of fused-ring (bicyclic) bond motifs is 1. The summed E-state index contributed by atoms with van der Waals surface area (Å²) in [4.78, 5) is 27.1. The van der Waals surface area contributed by atoms with Gasteiger partial charge in [-0.05, 0) is 36.6 Å². The fraction of sp³-hybridized carbons (Fsp3) is 0.370. The summed E-state index contributed by atoms with van der Waals surface area (Å²) < 4.78 is 7.16. The lowest BCUT2D eigenvalue weighted by Crippen LogP contribution is -2.37. The van der Waals surface area contributed by atoms with E-state index in [9.17, 15) is 14.7 Å². The van der Waals surface area contributed by atoms with E-state index >= 15 is 0 Å². The lowest BCUT2D eigenvalue weighted by molar-refractivity contribution is -0.131. The Balaban J connectivity index is 1.45. The molecule has 0 bridgehead atoms. The molecule has 0 aliphatic carbocycles. The Hall–Kier alpha value is -3.29. The number of rotatable bonds is 8. The van der Waals surface area contributed by atoms with Crippen molar-refractivity contribution in [3.8, 4) is 5.69 Å². The predicted octanol–water partition coefficient (Wildman–Crippen LogP) is 3.64. The molecule has 3 atom stereocenters. The normalized spacial score (nSPS) is 18.0. The van der Waals surface area contributed by atoms with Gasteiger partial charge in [0.25, 0.3) is 5.56 Å². The molecule has 7 heteroatoms. The predicted molar refractivity (Wildman–Crippen MR) is 132 cm³/mol. The van der Waals surface area contributed by atoms with E-state index in [1.54, 1.807) is 24.3 Å². The minimum absolute atomic E-state index is 0.0223. The van der Waals surface area contributed by atoms with Gasteiger partial charge in [0.1, 0.15) is 0 Å². The monoisotopic (exact) mass is 461 g/mol. The van der Waals surface area contributed by atoms with Crippen LogP contribution in [0.25, 0.3) is 16.5 Å². The molecular weight excluding hydrogens is 430 g/mol. The van der Waals surface area contributed by atoms with Gasteiger partial charge >= 0.3 is 0 Å². The number of amides is 1. The minimum atomic E-state index is -0.196. The summed E-state index contributed by atoms with van der Waals surface area (Å²) in [5.41, 5.74) is 1.51. The van der Waals surface area contributed by atoms with Crippen LogP contribution in [0.4, 0.5) is 0 Å². The van der Waals surface area contributed by atoms with Gasteiger partial charge in [0.15, 0.2) is 0 Å². The van der Waals surface area contributed by atoms with E-state index in [1.807, 2.05) is 61.5 Å². The molecule has 3 aromatic rings. The number of aliphatic hydroxyl groups is 1. The first-order chi connectivity index (χ1) is 16.5. The number of hydrogen-bond donors (Lipinski definition) is 1. The highest BCUT2D eigenvalue weighted by Crippen LogP contribution is 2.27. The molecule has 4 rings (SSSR count). The molecule has 0 radical (unpaired) electrons. The first-order valence-corrected chi connectivity index (χ1v) is 11.7. The maximum Gasteiger partial charge on any atom is 0.279 e. The third-order valence-corrected chi connectivity index (χ3v) is 6.53. The summed E-state index contributed by atoms with van der Waals surface area (Å²) in [5, 5.41) is 15.2. The number of ether oxygens (including phenoxy) is 1. The maximum absolute atomic E-state index is 12.8. The fourth-order valence-electron chi connectivity index (χ4n) is 4.69. The van der Waals surface area contributed by atoms with Gasteiger partial charge in [0.2, 0.25) is 5.91 Å². The number of hydrogen-bond acceptors (Lipinski definition) is 5. The Morgan fingerprint density at radius 2 is 2.00 bits per heavy atom. The molecule has 178 valence electrons. The van der Waals surface area contributed by atoms with Crippen molar-refractivity contribution in [1.82, 2.24) is 14.7 Å². The molecule has 7 nitrogen and oxygen atoms in total. The maximum atomic E-state index is 12.8. The molecule has 0 spiro atoms. The third-order valence-electron chi connectivity index (χ3n) is 6.53. The van der Waals surface area contributed by atoms with Crippen molar-refractivity contribution < 1.29 is 14.6 Å². The highest BCUT2D eigenvalue weighted by Gasteiger charge is 2.27. The Morgan fingerprint density at radius 3 is 2.74 bits per heavy atom. The number of carbonyl (C=O) groups is 1. The van der Waals surface area contributed by atoms with Crippen LogP contribution in [0.3, 0.4) is 0 Å². The highest BCUT2D eigenvalue weighted by molar-refractivity contribution is 5.80. The molecule has 1 amide bonds. The van der Waals surface area contributed by atoms with Crippen molar-refractivity contribution in [3.63, 3.8) is 0 Å². The van der Waals surface area contributed by atoms with Crippen LogP contribution < -0.4 is 5.56 Å². The van der Waals surface area contributed by atoms with E-state index in [2.05, 4.69) is 5.10 Å². The number of methoxy groups -OCH3 is 1. The van der Waals surface area contributed by atoms with Crippen LogP contribution in [-0.2, 0) is 9.53 Å². The lowest BCUT2D eigenvalue weighted by atomic mass is 9.96. The summed E-state index contributed by atoms with van der Waals surface area (Å²) in [6, 6.07) is 15.0.